The Kier molecular flexibility index (Phi) is 5.25. The number of aromatic carboxylic acids is 1. The van der Waals surface area contributed by atoms with Gasteiger partial charge in [-0.25, -0.2) is 4.79 Å². The Morgan fingerprint density at radius 2 is 1.90 bits per heavy atom. The lowest BCUT2D eigenvalue weighted by atomic mass is 10.2. The van der Waals surface area contributed by atoms with Gasteiger partial charge in [0.1, 0.15) is 0 Å². The van der Waals surface area contributed by atoms with Crippen LogP contribution in [-0.4, -0.2) is 22.7 Å². The molecular formula is C15H12ClNO3S. The maximum Gasteiger partial charge on any atom is 0.336 e. The molecular weight excluding hydrogens is 310 g/mol. The molecule has 2 aromatic carbocycles. The first-order valence-electron chi connectivity index (χ1n) is 6.07. The van der Waals surface area contributed by atoms with Gasteiger partial charge in [-0.3, -0.25) is 4.79 Å². The fraction of sp³-hybridized carbons (Fsp3) is 0.0667. The molecule has 0 bridgehead atoms. The maximum atomic E-state index is 11.9. The summed E-state index contributed by atoms with van der Waals surface area (Å²) >= 11 is 7.02. The molecule has 0 unspecified atom stereocenters. The van der Waals surface area contributed by atoms with Crippen LogP contribution in [0, 0.1) is 0 Å². The summed E-state index contributed by atoms with van der Waals surface area (Å²) in [6, 6.07) is 13.4. The van der Waals surface area contributed by atoms with Crippen LogP contribution in [0.4, 0.5) is 5.69 Å². The highest BCUT2D eigenvalue weighted by atomic mass is 35.5. The minimum absolute atomic E-state index is 0.122. The number of thioether (sulfide) groups is 1. The first-order chi connectivity index (χ1) is 10.1. The zero-order valence-corrected chi connectivity index (χ0v) is 12.4. The summed E-state index contributed by atoms with van der Waals surface area (Å²) in [5.41, 5.74) is 0.803. The predicted octanol–water partition coefficient (Wildman–Crippen LogP) is 3.77. The number of nitrogens with one attached hydrogen (secondary N) is 1. The second kappa shape index (κ2) is 7.15. The molecule has 2 rings (SSSR count). The van der Waals surface area contributed by atoms with Crippen molar-refractivity contribution >= 4 is 40.9 Å². The van der Waals surface area contributed by atoms with Crippen LogP contribution in [0.15, 0.2) is 53.4 Å². The van der Waals surface area contributed by atoms with Gasteiger partial charge in [-0.2, -0.15) is 0 Å². The van der Waals surface area contributed by atoms with Crippen LogP contribution in [0.3, 0.4) is 0 Å². The third-order valence-electron chi connectivity index (χ3n) is 2.58. The summed E-state index contributed by atoms with van der Waals surface area (Å²) in [6.45, 7) is 0. The highest BCUT2D eigenvalue weighted by Gasteiger charge is 2.11. The van der Waals surface area contributed by atoms with Crippen LogP contribution in [0.2, 0.25) is 5.02 Å². The topological polar surface area (TPSA) is 66.4 Å². The number of halogens is 1. The minimum atomic E-state index is -1.01. The quantitative estimate of drug-likeness (QED) is 0.823. The highest BCUT2D eigenvalue weighted by Crippen LogP contribution is 2.23. The number of carboxylic acids is 1. The second-order valence-corrected chi connectivity index (χ2v) is 5.60. The third-order valence-corrected chi connectivity index (χ3v) is 3.89. The van der Waals surface area contributed by atoms with Crippen LogP contribution in [0.5, 0.6) is 0 Å². The van der Waals surface area contributed by atoms with Gasteiger partial charge in [0, 0.05) is 15.6 Å². The van der Waals surface area contributed by atoms with E-state index in [1.165, 1.54) is 17.8 Å². The van der Waals surface area contributed by atoms with E-state index in [9.17, 15) is 9.59 Å². The largest absolute Gasteiger partial charge is 0.478 e. The van der Waals surface area contributed by atoms with Crippen molar-refractivity contribution in [3.63, 3.8) is 0 Å². The summed E-state index contributed by atoms with van der Waals surface area (Å²) in [5.74, 6) is -1.10. The van der Waals surface area contributed by atoms with Crippen molar-refractivity contribution in [2.24, 2.45) is 0 Å². The smallest absolute Gasteiger partial charge is 0.336 e. The van der Waals surface area contributed by atoms with Gasteiger partial charge in [0.05, 0.1) is 11.3 Å². The normalized spacial score (nSPS) is 10.1. The number of rotatable bonds is 5. The van der Waals surface area contributed by atoms with Crippen molar-refractivity contribution in [3.8, 4) is 0 Å². The summed E-state index contributed by atoms with van der Waals surface area (Å²) in [4.78, 5) is 23.5. The number of carbonyl (C=O) groups excluding carboxylic acids is 1. The lowest BCUT2D eigenvalue weighted by molar-refractivity contribution is -0.113. The molecule has 0 aliphatic rings. The third kappa shape index (κ3) is 4.51. The molecule has 0 saturated heterocycles. The van der Waals surface area contributed by atoms with Crippen LogP contribution in [-0.2, 0) is 4.79 Å². The Morgan fingerprint density at radius 3 is 2.62 bits per heavy atom. The number of benzene rings is 2. The standard InChI is InChI=1S/C15H12ClNO3S/c16-10-4-3-5-11(8-10)17-14(18)9-21-13-7-2-1-6-12(13)15(19)20/h1-8H,9H2,(H,17,18)(H,19,20). The average molecular weight is 322 g/mol. The van der Waals surface area contributed by atoms with Gasteiger partial charge in [0.2, 0.25) is 5.91 Å². The number of hydrogen-bond donors (Lipinski definition) is 2. The molecule has 108 valence electrons. The van der Waals surface area contributed by atoms with Crippen molar-refractivity contribution in [2.45, 2.75) is 4.90 Å². The second-order valence-electron chi connectivity index (χ2n) is 4.15. The van der Waals surface area contributed by atoms with Crippen molar-refractivity contribution in [2.75, 3.05) is 11.1 Å². The van der Waals surface area contributed by atoms with Crippen molar-refractivity contribution in [1.82, 2.24) is 0 Å². The summed E-state index contributed by atoms with van der Waals surface area (Å²) in [7, 11) is 0. The van der Waals surface area contributed by atoms with E-state index in [-0.39, 0.29) is 17.2 Å². The van der Waals surface area contributed by atoms with Crippen molar-refractivity contribution in [1.29, 1.82) is 0 Å². The minimum Gasteiger partial charge on any atom is -0.478 e. The van der Waals surface area contributed by atoms with Gasteiger partial charge in [-0.05, 0) is 30.3 Å². The van der Waals surface area contributed by atoms with Gasteiger partial charge >= 0.3 is 5.97 Å². The van der Waals surface area contributed by atoms with E-state index in [1.807, 2.05) is 0 Å². The summed E-state index contributed by atoms with van der Waals surface area (Å²) < 4.78 is 0. The maximum absolute atomic E-state index is 11.9. The Morgan fingerprint density at radius 1 is 1.14 bits per heavy atom. The van der Waals surface area contributed by atoms with Gasteiger partial charge in [0.15, 0.2) is 0 Å². The van der Waals surface area contributed by atoms with E-state index >= 15 is 0 Å². The molecule has 0 aliphatic heterocycles. The summed E-state index contributed by atoms with van der Waals surface area (Å²) in [6.07, 6.45) is 0. The van der Waals surface area contributed by atoms with Gasteiger partial charge < -0.3 is 10.4 Å². The number of anilines is 1. The molecule has 1 amide bonds. The van der Waals surface area contributed by atoms with Crippen molar-refractivity contribution < 1.29 is 14.7 Å². The molecule has 0 heterocycles. The molecule has 0 spiro atoms. The lowest BCUT2D eigenvalue weighted by Crippen LogP contribution is -2.14. The van der Waals surface area contributed by atoms with Gasteiger partial charge in [0.25, 0.3) is 0 Å². The van der Waals surface area contributed by atoms with Crippen LogP contribution >= 0.6 is 23.4 Å². The number of carbonyl (C=O) groups is 2. The Bertz CT molecular complexity index is 675. The summed E-state index contributed by atoms with van der Waals surface area (Å²) in [5, 5.41) is 12.3. The van der Waals surface area contributed by atoms with E-state index in [0.717, 1.165) is 0 Å². The van der Waals surface area contributed by atoms with Crippen LogP contribution in [0.25, 0.3) is 0 Å². The number of carboxylic acid groups (broad SMARTS) is 1. The van der Waals surface area contributed by atoms with E-state index < -0.39 is 5.97 Å². The SMILES string of the molecule is O=C(CSc1ccccc1C(=O)O)Nc1cccc(Cl)c1. The van der Waals surface area contributed by atoms with Gasteiger partial charge in [-0.1, -0.05) is 29.8 Å². The first kappa shape index (κ1) is 15.4. The molecule has 0 fully saturated rings. The fourth-order valence-corrected chi connectivity index (χ4v) is 2.71. The highest BCUT2D eigenvalue weighted by molar-refractivity contribution is 8.00. The fourth-order valence-electron chi connectivity index (χ4n) is 1.68. The predicted molar refractivity (Wildman–Crippen MR) is 84.2 cm³/mol. The van der Waals surface area contributed by atoms with E-state index in [2.05, 4.69) is 5.32 Å². The molecule has 0 atom stereocenters. The van der Waals surface area contributed by atoms with Crippen molar-refractivity contribution in [3.05, 3.63) is 59.1 Å². The molecule has 2 aromatic rings. The lowest BCUT2D eigenvalue weighted by Gasteiger charge is -2.07. The first-order valence-corrected chi connectivity index (χ1v) is 7.43. The zero-order valence-electron chi connectivity index (χ0n) is 10.9. The molecule has 2 N–H and O–H groups in total. The van der Waals surface area contributed by atoms with E-state index in [1.54, 1.807) is 42.5 Å². The van der Waals surface area contributed by atoms with E-state index in [4.69, 9.17) is 16.7 Å². The molecule has 0 aromatic heterocycles. The Balaban J connectivity index is 1.97. The van der Waals surface area contributed by atoms with Crippen LogP contribution in [0.1, 0.15) is 10.4 Å². The van der Waals surface area contributed by atoms with E-state index in [0.29, 0.717) is 15.6 Å². The Labute approximate surface area is 131 Å². The monoisotopic (exact) mass is 321 g/mol. The van der Waals surface area contributed by atoms with Gasteiger partial charge in [-0.15, -0.1) is 11.8 Å². The number of amides is 1. The molecule has 0 radical (unpaired) electrons. The molecule has 6 heteroatoms. The van der Waals surface area contributed by atoms with Crippen LogP contribution < -0.4 is 5.32 Å². The zero-order chi connectivity index (χ0) is 15.2. The molecule has 0 saturated carbocycles. The molecule has 4 nitrogen and oxygen atoms in total. The molecule has 0 aliphatic carbocycles. The number of hydrogen-bond acceptors (Lipinski definition) is 3. The average Bonchev–Trinajstić information content (AvgIpc) is 2.45. The molecule has 21 heavy (non-hydrogen) atoms. The Hall–Kier alpha value is -1.98.